The van der Waals surface area contributed by atoms with Gasteiger partial charge in [-0.15, -0.1) is 0 Å². The predicted octanol–water partition coefficient (Wildman–Crippen LogP) is 1.78. The summed E-state index contributed by atoms with van der Waals surface area (Å²) in [6.45, 7) is 1.49. The number of rotatable bonds is 18. The van der Waals surface area contributed by atoms with Crippen molar-refractivity contribution in [3.05, 3.63) is 0 Å². The van der Waals surface area contributed by atoms with E-state index in [0.717, 1.165) is 12.8 Å². The Labute approximate surface area is 174 Å². The monoisotopic (exact) mass is 422 g/mol. The maximum atomic E-state index is 10.3. The van der Waals surface area contributed by atoms with E-state index in [-0.39, 0.29) is 6.29 Å². The molecule has 0 aliphatic rings. The third-order valence-electron chi connectivity index (χ3n) is 4.66. The van der Waals surface area contributed by atoms with Crippen LogP contribution in [-0.2, 0) is 9.59 Å². The van der Waals surface area contributed by atoms with Crippen LogP contribution in [0.2, 0.25) is 0 Å². The lowest BCUT2D eigenvalue weighted by Crippen LogP contribution is -2.46. The number of carboxylic acids is 1. The zero-order chi connectivity index (χ0) is 22.5. The van der Waals surface area contributed by atoms with Gasteiger partial charge in [0.05, 0.1) is 6.61 Å². The van der Waals surface area contributed by atoms with Crippen molar-refractivity contribution in [2.45, 2.75) is 115 Å². The van der Waals surface area contributed by atoms with E-state index >= 15 is 0 Å². The molecule has 0 fully saturated rings. The summed E-state index contributed by atoms with van der Waals surface area (Å²) in [5.74, 6) is -0.655. The lowest BCUT2D eigenvalue weighted by Gasteiger charge is -2.22. The molecule has 6 N–H and O–H groups in total. The molecule has 0 heterocycles. The lowest BCUT2D eigenvalue weighted by atomic mass is 10.0. The number of unbranched alkanes of at least 4 members (excludes halogenated alkanes) is 11. The number of carbonyl (C=O) groups is 2. The molecule has 0 bridgehead atoms. The van der Waals surface area contributed by atoms with Crippen LogP contribution in [0, 0.1) is 0 Å². The first-order valence-electron chi connectivity index (χ1n) is 10.8. The predicted molar refractivity (Wildman–Crippen MR) is 111 cm³/mol. The molecule has 8 heteroatoms. The van der Waals surface area contributed by atoms with Crippen molar-refractivity contribution in [3.63, 3.8) is 0 Å². The molecule has 0 saturated carbocycles. The topological polar surface area (TPSA) is 156 Å². The number of aliphatic hydroxyl groups excluding tert-OH is 5. The van der Waals surface area contributed by atoms with Crippen molar-refractivity contribution in [3.8, 4) is 0 Å². The second-order valence-electron chi connectivity index (χ2n) is 7.39. The number of aliphatic hydroxyl groups is 5. The molecule has 0 aromatic heterocycles. The minimum absolute atomic E-state index is 0.0258. The molecular weight excluding hydrogens is 380 g/mol. The van der Waals surface area contributed by atoms with Crippen molar-refractivity contribution < 1.29 is 40.2 Å². The van der Waals surface area contributed by atoms with Gasteiger partial charge < -0.3 is 35.4 Å². The van der Waals surface area contributed by atoms with E-state index in [1.165, 1.54) is 64.2 Å². The highest BCUT2D eigenvalue weighted by Gasteiger charge is 2.29. The molecule has 8 nitrogen and oxygen atoms in total. The van der Waals surface area contributed by atoms with Crippen LogP contribution in [0.5, 0.6) is 0 Å². The molecule has 0 radical (unpaired) electrons. The average Bonchev–Trinajstić information content (AvgIpc) is 2.72. The van der Waals surface area contributed by atoms with Crippen molar-refractivity contribution in [1.29, 1.82) is 0 Å². The first kappa shape index (κ1) is 30.1. The van der Waals surface area contributed by atoms with Crippen molar-refractivity contribution >= 4 is 12.3 Å². The largest absolute Gasteiger partial charge is 0.481 e. The molecule has 0 unspecified atom stereocenters. The van der Waals surface area contributed by atoms with Gasteiger partial charge in [-0.1, -0.05) is 77.6 Å². The lowest BCUT2D eigenvalue weighted by molar-refractivity contribution is -0.137. The quantitative estimate of drug-likeness (QED) is 0.144. The Morgan fingerprint density at radius 2 is 1.17 bits per heavy atom. The number of carbonyl (C=O) groups excluding carboxylic acids is 1. The Balaban J connectivity index is 0. The van der Waals surface area contributed by atoms with Gasteiger partial charge in [-0.3, -0.25) is 4.79 Å². The summed E-state index contributed by atoms with van der Waals surface area (Å²) in [5.41, 5.74) is 0. The van der Waals surface area contributed by atoms with E-state index in [0.29, 0.717) is 6.42 Å². The number of carboxylic acid groups (broad SMARTS) is 1. The number of aliphatic carboxylic acids is 1. The Kier molecular flexibility index (Phi) is 22.5. The van der Waals surface area contributed by atoms with Gasteiger partial charge in [0.15, 0.2) is 6.29 Å². The van der Waals surface area contributed by atoms with Gasteiger partial charge in [0.1, 0.15) is 24.4 Å². The second kappa shape index (κ2) is 21.6. The second-order valence-corrected chi connectivity index (χ2v) is 7.39. The molecular formula is C21H42O8. The molecule has 0 rings (SSSR count). The fourth-order valence-corrected chi connectivity index (χ4v) is 2.74. The highest BCUT2D eigenvalue weighted by Crippen LogP contribution is 2.12. The zero-order valence-corrected chi connectivity index (χ0v) is 17.8. The fourth-order valence-electron chi connectivity index (χ4n) is 2.74. The fraction of sp³-hybridized carbons (Fsp3) is 0.905. The molecule has 0 spiro atoms. The zero-order valence-electron chi connectivity index (χ0n) is 17.8. The van der Waals surface area contributed by atoms with Gasteiger partial charge in [0.2, 0.25) is 0 Å². The van der Waals surface area contributed by atoms with Gasteiger partial charge in [-0.25, -0.2) is 0 Å². The number of aldehydes is 1. The third-order valence-corrected chi connectivity index (χ3v) is 4.66. The van der Waals surface area contributed by atoms with Crippen LogP contribution in [0.1, 0.15) is 90.4 Å². The molecule has 0 saturated heterocycles. The van der Waals surface area contributed by atoms with Crippen molar-refractivity contribution in [1.82, 2.24) is 0 Å². The van der Waals surface area contributed by atoms with Crippen LogP contribution in [0.15, 0.2) is 0 Å². The number of hydrogen-bond donors (Lipinski definition) is 6. The minimum atomic E-state index is -1.79. The maximum Gasteiger partial charge on any atom is 0.303 e. The van der Waals surface area contributed by atoms with Crippen LogP contribution in [0.4, 0.5) is 0 Å². The Bertz CT molecular complexity index is 378. The van der Waals surface area contributed by atoms with Crippen LogP contribution in [0.25, 0.3) is 0 Å². The van der Waals surface area contributed by atoms with Crippen LogP contribution in [-0.4, -0.2) is 73.9 Å². The molecule has 0 aromatic rings. The highest BCUT2D eigenvalue weighted by molar-refractivity contribution is 5.66. The van der Waals surface area contributed by atoms with Crippen molar-refractivity contribution in [2.24, 2.45) is 0 Å². The summed E-state index contributed by atoms with van der Waals surface area (Å²) in [5, 5.41) is 52.0. The van der Waals surface area contributed by atoms with E-state index in [9.17, 15) is 9.59 Å². The Hall–Kier alpha value is -1.06. The summed E-state index contributed by atoms with van der Waals surface area (Å²) >= 11 is 0. The summed E-state index contributed by atoms with van der Waals surface area (Å²) in [6.07, 6.45) is 8.97. The molecule has 174 valence electrons. The smallest absolute Gasteiger partial charge is 0.303 e. The average molecular weight is 423 g/mol. The van der Waals surface area contributed by atoms with E-state index in [1.807, 2.05) is 0 Å². The van der Waals surface area contributed by atoms with E-state index < -0.39 is 37.0 Å². The van der Waals surface area contributed by atoms with Crippen LogP contribution < -0.4 is 0 Å². The molecule has 0 aliphatic heterocycles. The van der Waals surface area contributed by atoms with Gasteiger partial charge >= 0.3 is 5.97 Å². The molecule has 0 aromatic carbocycles. The minimum Gasteiger partial charge on any atom is -0.481 e. The van der Waals surface area contributed by atoms with Gasteiger partial charge in [0.25, 0.3) is 0 Å². The third kappa shape index (κ3) is 20.0. The Morgan fingerprint density at radius 1 is 0.759 bits per heavy atom. The van der Waals surface area contributed by atoms with Crippen LogP contribution >= 0.6 is 0 Å². The highest BCUT2D eigenvalue weighted by atomic mass is 16.4. The van der Waals surface area contributed by atoms with Crippen molar-refractivity contribution in [2.75, 3.05) is 6.61 Å². The number of hydrogen-bond acceptors (Lipinski definition) is 7. The standard InChI is InChI=1S/C15H30O2.C6H12O6/c1-2-3-4-5-6-7-8-9-10-11-12-13-14-15(16)17;7-1-3(9)5(11)6(12)4(10)2-8/h2-14H2,1H3,(H,16,17);1,3-6,8-12H,2H2/t;3-,4+,5+,6+/m.0/s1. The Morgan fingerprint density at radius 3 is 1.52 bits per heavy atom. The summed E-state index contributed by atoms with van der Waals surface area (Å²) in [6, 6.07) is 0. The molecule has 0 aliphatic carbocycles. The summed E-state index contributed by atoms with van der Waals surface area (Å²) in [7, 11) is 0. The molecule has 4 atom stereocenters. The first-order valence-corrected chi connectivity index (χ1v) is 10.8. The summed E-state index contributed by atoms with van der Waals surface area (Å²) in [4.78, 5) is 20.2. The van der Waals surface area contributed by atoms with E-state index in [4.69, 9.17) is 30.6 Å². The van der Waals surface area contributed by atoms with Gasteiger partial charge in [-0.2, -0.15) is 0 Å². The van der Waals surface area contributed by atoms with Crippen LogP contribution in [0.3, 0.4) is 0 Å². The SMILES string of the molecule is CCCCCCCCCCCCCCC(=O)O.O=C[C@H](O)[C@@H](O)[C@H](O)[C@H](O)CO. The van der Waals surface area contributed by atoms with E-state index in [2.05, 4.69) is 6.92 Å². The van der Waals surface area contributed by atoms with Gasteiger partial charge in [-0.05, 0) is 6.42 Å². The normalized spacial score (nSPS) is 15.0. The molecule has 29 heavy (non-hydrogen) atoms. The van der Waals surface area contributed by atoms with E-state index in [1.54, 1.807) is 0 Å². The summed E-state index contributed by atoms with van der Waals surface area (Å²) < 4.78 is 0. The first-order chi connectivity index (χ1) is 13.8. The van der Waals surface area contributed by atoms with Gasteiger partial charge in [0, 0.05) is 6.42 Å². The maximum absolute atomic E-state index is 10.3. The molecule has 0 amide bonds.